The van der Waals surface area contributed by atoms with Crippen molar-refractivity contribution in [3.63, 3.8) is 0 Å². The summed E-state index contributed by atoms with van der Waals surface area (Å²) in [6, 6.07) is 0.298. The van der Waals surface area contributed by atoms with E-state index in [1.807, 2.05) is 0 Å². The van der Waals surface area contributed by atoms with Gasteiger partial charge in [-0.1, -0.05) is 20.8 Å². The molecule has 1 spiro atoms. The Labute approximate surface area is 122 Å². The molecule has 2 N–H and O–H groups in total. The summed E-state index contributed by atoms with van der Waals surface area (Å²) in [5, 5.41) is 13.7. The van der Waals surface area contributed by atoms with Gasteiger partial charge in [0.1, 0.15) is 0 Å². The van der Waals surface area contributed by atoms with Crippen molar-refractivity contribution in [1.29, 1.82) is 0 Å². The van der Waals surface area contributed by atoms with Crippen LogP contribution < -0.4 is 5.32 Å². The molecule has 1 amide bonds. The van der Waals surface area contributed by atoms with Gasteiger partial charge in [0.25, 0.3) is 0 Å². The number of rotatable bonds is 1. The Hall–Kier alpha value is -0.570. The second-order valence-electron chi connectivity index (χ2n) is 8.66. The van der Waals surface area contributed by atoms with Gasteiger partial charge in [-0.05, 0) is 60.7 Å². The summed E-state index contributed by atoms with van der Waals surface area (Å²) >= 11 is 0. The first kappa shape index (κ1) is 14.4. The van der Waals surface area contributed by atoms with Crippen LogP contribution in [-0.4, -0.2) is 23.2 Å². The van der Waals surface area contributed by atoms with Crippen molar-refractivity contribution in [2.45, 2.75) is 78.4 Å². The van der Waals surface area contributed by atoms with Crippen molar-refractivity contribution in [3.8, 4) is 0 Å². The highest BCUT2D eigenvalue weighted by Crippen LogP contribution is 2.68. The van der Waals surface area contributed by atoms with Crippen LogP contribution in [0.3, 0.4) is 0 Å². The van der Waals surface area contributed by atoms with Crippen LogP contribution in [0.5, 0.6) is 0 Å². The molecule has 0 saturated heterocycles. The van der Waals surface area contributed by atoms with Gasteiger partial charge in [0.15, 0.2) is 0 Å². The number of amides is 1. The normalized spacial score (nSPS) is 49.5. The summed E-state index contributed by atoms with van der Waals surface area (Å²) in [7, 11) is 0. The van der Waals surface area contributed by atoms with Crippen molar-refractivity contribution in [2.24, 2.45) is 22.2 Å². The van der Waals surface area contributed by atoms with Crippen molar-refractivity contribution in [2.75, 3.05) is 0 Å². The summed E-state index contributed by atoms with van der Waals surface area (Å²) in [6.45, 7) is 8.63. The number of carbonyl (C=O) groups is 1. The number of aliphatic hydroxyl groups is 1. The van der Waals surface area contributed by atoms with Crippen LogP contribution in [0.15, 0.2) is 0 Å². The van der Waals surface area contributed by atoms with Crippen molar-refractivity contribution < 1.29 is 9.90 Å². The Kier molecular flexibility index (Phi) is 3.03. The molecule has 3 aliphatic rings. The van der Waals surface area contributed by atoms with E-state index in [2.05, 4.69) is 26.1 Å². The molecule has 0 unspecified atom stereocenters. The monoisotopic (exact) mass is 279 g/mol. The molecule has 3 aliphatic carbocycles. The SMILES string of the molecule is CC(=O)N[C@H]1CC(C)(C)[C@@H]2CC[C@]3(C)C[C@]12CC[C@H]3O. The lowest BCUT2D eigenvalue weighted by atomic mass is 9.49. The van der Waals surface area contributed by atoms with Crippen molar-refractivity contribution in [3.05, 3.63) is 0 Å². The second-order valence-corrected chi connectivity index (χ2v) is 8.66. The van der Waals surface area contributed by atoms with Gasteiger partial charge in [0.05, 0.1) is 6.10 Å². The molecule has 3 fully saturated rings. The van der Waals surface area contributed by atoms with E-state index in [0.717, 1.165) is 32.1 Å². The van der Waals surface area contributed by atoms with E-state index >= 15 is 0 Å². The fourth-order valence-electron chi connectivity index (χ4n) is 6.05. The van der Waals surface area contributed by atoms with Gasteiger partial charge in [-0.15, -0.1) is 0 Å². The van der Waals surface area contributed by atoms with Crippen LogP contribution in [0.1, 0.15) is 66.2 Å². The van der Waals surface area contributed by atoms with Gasteiger partial charge in [-0.3, -0.25) is 4.79 Å². The number of nitrogens with one attached hydrogen (secondary N) is 1. The molecule has 3 heteroatoms. The zero-order chi connectivity index (χ0) is 14.8. The average molecular weight is 279 g/mol. The van der Waals surface area contributed by atoms with E-state index in [9.17, 15) is 9.90 Å². The Bertz CT molecular complexity index is 433. The molecular formula is C17H29NO2. The van der Waals surface area contributed by atoms with E-state index in [4.69, 9.17) is 0 Å². The molecule has 2 bridgehead atoms. The van der Waals surface area contributed by atoms with E-state index in [-0.39, 0.29) is 22.8 Å². The third kappa shape index (κ3) is 1.85. The summed E-state index contributed by atoms with van der Waals surface area (Å²) in [5.74, 6) is 0.784. The third-order valence-corrected chi connectivity index (χ3v) is 6.86. The molecule has 0 aliphatic heterocycles. The van der Waals surface area contributed by atoms with E-state index in [1.54, 1.807) is 6.92 Å². The van der Waals surface area contributed by atoms with E-state index in [1.165, 1.54) is 6.42 Å². The highest BCUT2D eigenvalue weighted by Gasteiger charge is 2.64. The van der Waals surface area contributed by atoms with Crippen LogP contribution in [0.25, 0.3) is 0 Å². The molecule has 0 aromatic rings. The third-order valence-electron chi connectivity index (χ3n) is 6.86. The smallest absolute Gasteiger partial charge is 0.217 e. The van der Waals surface area contributed by atoms with E-state index in [0.29, 0.717) is 17.4 Å². The zero-order valence-electron chi connectivity index (χ0n) is 13.3. The second kappa shape index (κ2) is 4.22. The Morgan fingerprint density at radius 1 is 1.20 bits per heavy atom. The minimum Gasteiger partial charge on any atom is -0.393 e. The highest BCUT2D eigenvalue weighted by molar-refractivity contribution is 5.73. The summed E-state index contributed by atoms with van der Waals surface area (Å²) in [6.07, 6.45) is 6.33. The lowest BCUT2D eigenvalue weighted by Crippen LogP contribution is -2.57. The molecule has 114 valence electrons. The van der Waals surface area contributed by atoms with Gasteiger partial charge >= 0.3 is 0 Å². The largest absolute Gasteiger partial charge is 0.393 e. The lowest BCUT2D eigenvalue weighted by Gasteiger charge is -2.58. The maximum atomic E-state index is 11.6. The number of hydrogen-bond acceptors (Lipinski definition) is 2. The first-order chi connectivity index (χ1) is 9.20. The van der Waals surface area contributed by atoms with Crippen LogP contribution in [-0.2, 0) is 4.79 Å². The quantitative estimate of drug-likeness (QED) is 0.775. The molecule has 5 atom stereocenters. The molecule has 0 radical (unpaired) electrons. The zero-order valence-corrected chi connectivity index (χ0v) is 13.3. The maximum Gasteiger partial charge on any atom is 0.217 e. The standard InChI is InChI=1S/C17H29NO2/c1-11(19)18-13-9-15(2,3)12-5-7-16(4)10-17(12,13)8-6-14(16)20/h12-14,20H,5-10H2,1-4H3,(H,18,19)/t12-,13-,14+,16+,17-/m0/s1. The molecule has 0 aromatic heterocycles. The lowest BCUT2D eigenvalue weighted by molar-refractivity contribution is -0.131. The van der Waals surface area contributed by atoms with Crippen molar-refractivity contribution >= 4 is 5.91 Å². The van der Waals surface area contributed by atoms with Gasteiger partial charge in [-0.25, -0.2) is 0 Å². The van der Waals surface area contributed by atoms with Crippen LogP contribution >= 0.6 is 0 Å². The fourth-order valence-corrected chi connectivity index (χ4v) is 6.05. The Balaban J connectivity index is 1.98. The number of aliphatic hydroxyl groups excluding tert-OH is 1. The van der Waals surface area contributed by atoms with E-state index < -0.39 is 0 Å². The molecule has 3 nitrogen and oxygen atoms in total. The van der Waals surface area contributed by atoms with Gasteiger partial charge < -0.3 is 10.4 Å². The van der Waals surface area contributed by atoms with Gasteiger partial charge in [0, 0.05) is 13.0 Å². The molecule has 3 rings (SSSR count). The summed E-state index contributed by atoms with van der Waals surface area (Å²) in [4.78, 5) is 11.6. The molecule has 0 aromatic carbocycles. The predicted molar refractivity (Wildman–Crippen MR) is 79.1 cm³/mol. The summed E-state index contributed by atoms with van der Waals surface area (Å²) in [5.41, 5.74) is 0.587. The fraction of sp³-hybridized carbons (Fsp3) is 0.941. The highest BCUT2D eigenvalue weighted by atomic mass is 16.3. The molecular weight excluding hydrogens is 250 g/mol. The maximum absolute atomic E-state index is 11.6. The number of carbonyl (C=O) groups excluding carboxylic acids is 1. The molecule has 3 saturated carbocycles. The Morgan fingerprint density at radius 2 is 1.90 bits per heavy atom. The first-order valence-corrected chi connectivity index (χ1v) is 8.15. The van der Waals surface area contributed by atoms with Crippen LogP contribution in [0.2, 0.25) is 0 Å². The number of fused-ring (bicyclic) bond motifs is 1. The van der Waals surface area contributed by atoms with Crippen molar-refractivity contribution in [1.82, 2.24) is 5.32 Å². The minimum absolute atomic E-state index is 0.0614. The first-order valence-electron chi connectivity index (χ1n) is 8.15. The van der Waals surface area contributed by atoms with Gasteiger partial charge in [-0.2, -0.15) is 0 Å². The predicted octanol–water partition coefficient (Wildman–Crippen LogP) is 2.87. The number of hydrogen-bond donors (Lipinski definition) is 2. The topological polar surface area (TPSA) is 49.3 Å². The minimum atomic E-state index is -0.157. The Morgan fingerprint density at radius 3 is 2.55 bits per heavy atom. The van der Waals surface area contributed by atoms with Gasteiger partial charge in [0.2, 0.25) is 5.91 Å². The molecule has 0 heterocycles. The average Bonchev–Trinajstić information content (AvgIpc) is 2.51. The van der Waals surface area contributed by atoms with Crippen LogP contribution in [0.4, 0.5) is 0 Å². The molecule has 20 heavy (non-hydrogen) atoms. The summed E-state index contributed by atoms with van der Waals surface area (Å²) < 4.78 is 0. The van der Waals surface area contributed by atoms with Crippen LogP contribution in [0, 0.1) is 22.2 Å².